The molecular formula is C12H3F4N5O2. The molecule has 0 aliphatic carbocycles. The minimum absolute atomic E-state index is 0.0264. The Hall–Kier alpha value is -3.65. The predicted molar refractivity (Wildman–Crippen MR) is 65.5 cm³/mol. The highest BCUT2D eigenvalue weighted by Crippen LogP contribution is 2.37. The Balaban J connectivity index is 3.61. The first-order valence-corrected chi connectivity index (χ1v) is 5.42. The van der Waals surface area contributed by atoms with Gasteiger partial charge in [0.05, 0.1) is 16.6 Å². The Morgan fingerprint density at radius 3 is 2.13 bits per heavy atom. The van der Waals surface area contributed by atoms with Crippen molar-refractivity contribution in [3.8, 4) is 18.2 Å². The summed E-state index contributed by atoms with van der Waals surface area (Å²) in [6.45, 7) is 0. The van der Waals surface area contributed by atoms with Crippen molar-refractivity contribution in [3.05, 3.63) is 44.9 Å². The predicted octanol–water partition coefficient (Wildman–Crippen LogP) is 2.99. The standard InChI is InChI=1S/C12H3F4N5O2/c13-8-2-11(21(22)23)9(1-7(8)12(14,15)16)20-10(5-19)6(3-17)4-18/h1-2,20H. The van der Waals surface area contributed by atoms with Crippen molar-refractivity contribution < 1.29 is 22.5 Å². The van der Waals surface area contributed by atoms with Crippen LogP contribution in [0.15, 0.2) is 23.4 Å². The SMILES string of the molecule is N#CC(C#N)=C(C#N)Nc1cc(C(F)(F)F)c(F)cc1[N+](=O)[O-]. The minimum atomic E-state index is -5.14. The summed E-state index contributed by atoms with van der Waals surface area (Å²) in [5.41, 5.74) is -5.40. The van der Waals surface area contributed by atoms with E-state index < -0.39 is 45.1 Å². The quantitative estimate of drug-likeness (QED) is 0.394. The van der Waals surface area contributed by atoms with Crippen LogP contribution in [0, 0.1) is 49.9 Å². The van der Waals surface area contributed by atoms with E-state index in [9.17, 15) is 27.7 Å². The first kappa shape index (κ1) is 17.4. The van der Waals surface area contributed by atoms with E-state index in [0.717, 1.165) is 0 Å². The van der Waals surface area contributed by atoms with Gasteiger partial charge in [0.15, 0.2) is 5.57 Å². The normalized spacial score (nSPS) is 9.96. The topological polar surface area (TPSA) is 127 Å². The lowest BCUT2D eigenvalue weighted by Crippen LogP contribution is -2.11. The van der Waals surface area contributed by atoms with Crippen molar-refractivity contribution in [1.29, 1.82) is 15.8 Å². The number of anilines is 1. The number of halogens is 4. The smallest absolute Gasteiger partial charge is 0.340 e. The van der Waals surface area contributed by atoms with Crippen LogP contribution in [0.2, 0.25) is 0 Å². The summed E-state index contributed by atoms with van der Waals surface area (Å²) >= 11 is 0. The van der Waals surface area contributed by atoms with Crippen molar-refractivity contribution in [1.82, 2.24) is 0 Å². The van der Waals surface area contributed by atoms with Crippen LogP contribution in [0.25, 0.3) is 0 Å². The molecule has 0 heterocycles. The summed E-state index contributed by atoms with van der Waals surface area (Å²) in [5.74, 6) is -1.88. The maximum Gasteiger partial charge on any atom is 0.419 e. The van der Waals surface area contributed by atoms with E-state index >= 15 is 0 Å². The molecule has 0 saturated carbocycles. The molecule has 1 N–H and O–H groups in total. The monoisotopic (exact) mass is 325 g/mol. The van der Waals surface area contributed by atoms with Crippen LogP contribution in [-0.4, -0.2) is 4.92 Å². The molecule has 1 rings (SSSR count). The van der Waals surface area contributed by atoms with Gasteiger partial charge in [0.2, 0.25) is 0 Å². The lowest BCUT2D eigenvalue weighted by atomic mass is 10.1. The number of nitrogens with one attached hydrogen (secondary N) is 1. The average Bonchev–Trinajstić information content (AvgIpc) is 2.46. The number of benzene rings is 1. The Bertz CT molecular complexity index is 808. The second-order valence-corrected chi connectivity index (χ2v) is 3.81. The van der Waals surface area contributed by atoms with E-state index in [1.807, 2.05) is 5.32 Å². The van der Waals surface area contributed by atoms with Crippen molar-refractivity contribution in [3.63, 3.8) is 0 Å². The van der Waals surface area contributed by atoms with Crippen LogP contribution in [-0.2, 0) is 6.18 Å². The van der Waals surface area contributed by atoms with Crippen LogP contribution < -0.4 is 5.32 Å². The molecule has 11 heteroatoms. The number of nitriles is 3. The third-order valence-electron chi connectivity index (χ3n) is 2.43. The molecule has 0 aliphatic heterocycles. The van der Waals surface area contributed by atoms with Crippen molar-refractivity contribution >= 4 is 11.4 Å². The molecule has 0 unspecified atom stereocenters. The van der Waals surface area contributed by atoms with Crippen molar-refractivity contribution in [2.24, 2.45) is 0 Å². The van der Waals surface area contributed by atoms with Gasteiger partial charge in [-0.25, -0.2) is 4.39 Å². The highest BCUT2D eigenvalue weighted by atomic mass is 19.4. The van der Waals surface area contributed by atoms with Crippen LogP contribution >= 0.6 is 0 Å². The molecule has 0 saturated heterocycles. The largest absolute Gasteiger partial charge is 0.419 e. The molecular weight excluding hydrogens is 322 g/mol. The number of alkyl halides is 3. The highest BCUT2D eigenvalue weighted by molar-refractivity contribution is 5.69. The molecule has 23 heavy (non-hydrogen) atoms. The maximum absolute atomic E-state index is 13.4. The second-order valence-electron chi connectivity index (χ2n) is 3.81. The van der Waals surface area contributed by atoms with Gasteiger partial charge in [-0.2, -0.15) is 29.0 Å². The number of nitrogens with zero attached hydrogens (tertiary/aromatic N) is 4. The summed E-state index contributed by atoms with van der Waals surface area (Å²) in [7, 11) is 0. The molecule has 1 aromatic carbocycles. The van der Waals surface area contributed by atoms with Crippen LogP contribution in [0.5, 0.6) is 0 Å². The molecule has 0 spiro atoms. The van der Waals surface area contributed by atoms with E-state index in [1.165, 1.54) is 18.2 Å². The van der Waals surface area contributed by atoms with Gasteiger partial charge < -0.3 is 5.32 Å². The number of hydrogen-bond acceptors (Lipinski definition) is 6. The molecule has 0 fully saturated rings. The summed E-state index contributed by atoms with van der Waals surface area (Å²) in [4.78, 5) is 9.62. The lowest BCUT2D eigenvalue weighted by molar-refractivity contribution is -0.384. The third-order valence-corrected chi connectivity index (χ3v) is 2.43. The van der Waals surface area contributed by atoms with Crippen molar-refractivity contribution in [2.75, 3.05) is 5.32 Å². The van der Waals surface area contributed by atoms with E-state index in [0.29, 0.717) is 0 Å². The highest BCUT2D eigenvalue weighted by Gasteiger charge is 2.36. The number of hydrogen-bond donors (Lipinski definition) is 1. The molecule has 0 amide bonds. The lowest BCUT2D eigenvalue weighted by Gasteiger charge is -2.11. The first-order valence-electron chi connectivity index (χ1n) is 5.42. The van der Waals surface area contributed by atoms with Crippen LogP contribution in [0.3, 0.4) is 0 Å². The molecule has 116 valence electrons. The van der Waals surface area contributed by atoms with Gasteiger partial charge in [-0.3, -0.25) is 10.1 Å². The average molecular weight is 325 g/mol. The minimum Gasteiger partial charge on any atom is -0.340 e. The van der Waals surface area contributed by atoms with E-state index in [-0.39, 0.29) is 12.1 Å². The number of rotatable bonds is 3. The Labute approximate surface area is 125 Å². The molecule has 0 atom stereocenters. The molecule has 7 nitrogen and oxygen atoms in total. The zero-order valence-corrected chi connectivity index (χ0v) is 10.8. The third kappa shape index (κ3) is 3.71. The molecule has 0 aliphatic rings. The maximum atomic E-state index is 13.4. The van der Waals surface area contributed by atoms with Gasteiger partial charge in [0, 0.05) is 0 Å². The molecule has 0 aromatic heterocycles. The van der Waals surface area contributed by atoms with Crippen molar-refractivity contribution in [2.45, 2.75) is 6.18 Å². The summed E-state index contributed by atoms with van der Waals surface area (Å²) in [6.07, 6.45) is -5.14. The first-order chi connectivity index (χ1) is 10.6. The van der Waals surface area contributed by atoms with Gasteiger partial charge in [0.25, 0.3) is 5.69 Å². The fourth-order valence-corrected chi connectivity index (χ4v) is 1.45. The molecule has 0 bridgehead atoms. The molecule has 1 aromatic rings. The summed E-state index contributed by atoms with van der Waals surface area (Å²) in [5, 5.41) is 38.7. The fourth-order valence-electron chi connectivity index (χ4n) is 1.45. The Kier molecular flexibility index (Phi) is 4.85. The zero-order valence-electron chi connectivity index (χ0n) is 10.8. The van der Waals surface area contributed by atoms with E-state index in [1.54, 1.807) is 0 Å². The molecule has 0 radical (unpaired) electrons. The number of nitro benzene ring substituents is 1. The van der Waals surface area contributed by atoms with Crippen LogP contribution in [0.1, 0.15) is 5.56 Å². The zero-order chi connectivity index (χ0) is 17.8. The number of nitro groups is 1. The Morgan fingerprint density at radius 1 is 1.17 bits per heavy atom. The van der Waals surface area contributed by atoms with Gasteiger partial charge in [0.1, 0.15) is 35.4 Å². The number of allylic oxidation sites excluding steroid dienone is 2. The fraction of sp³-hybridized carbons (Fsp3) is 0.0833. The second kappa shape index (κ2) is 6.41. The van der Waals surface area contributed by atoms with Gasteiger partial charge in [-0.15, -0.1) is 0 Å². The Morgan fingerprint density at radius 2 is 1.74 bits per heavy atom. The summed E-state index contributed by atoms with van der Waals surface area (Å²) in [6, 6.07) is 4.01. The van der Waals surface area contributed by atoms with Crippen LogP contribution in [0.4, 0.5) is 28.9 Å². The van der Waals surface area contributed by atoms with E-state index in [4.69, 9.17) is 15.8 Å². The van der Waals surface area contributed by atoms with Gasteiger partial charge in [-0.05, 0) is 6.07 Å². The van der Waals surface area contributed by atoms with E-state index in [2.05, 4.69) is 0 Å². The van der Waals surface area contributed by atoms with Gasteiger partial charge in [-0.1, -0.05) is 0 Å². The summed E-state index contributed by atoms with van der Waals surface area (Å²) < 4.78 is 51.3. The van der Waals surface area contributed by atoms with Gasteiger partial charge >= 0.3 is 6.18 Å².